The van der Waals surface area contributed by atoms with E-state index < -0.39 is 60.2 Å². The van der Waals surface area contributed by atoms with Crippen molar-refractivity contribution >= 4 is 53.2 Å². The van der Waals surface area contributed by atoms with Crippen LogP contribution in [0.2, 0.25) is 0 Å². The van der Waals surface area contributed by atoms with Crippen LogP contribution < -0.4 is 21.7 Å². The summed E-state index contributed by atoms with van der Waals surface area (Å²) in [6.07, 6.45) is 0.664. The first-order valence-corrected chi connectivity index (χ1v) is 13.7. The highest BCUT2D eigenvalue weighted by molar-refractivity contribution is 7.80. The molecular formula is C28H33N5O8S. The van der Waals surface area contributed by atoms with Gasteiger partial charge in [0, 0.05) is 42.1 Å². The second-order valence-corrected chi connectivity index (χ2v) is 10.0. The van der Waals surface area contributed by atoms with Crippen LogP contribution in [0.1, 0.15) is 24.0 Å². The third-order valence-electron chi connectivity index (χ3n) is 6.54. The monoisotopic (exact) mass is 599 g/mol. The van der Waals surface area contributed by atoms with Gasteiger partial charge in [0.1, 0.15) is 23.9 Å². The van der Waals surface area contributed by atoms with Crippen LogP contribution in [0.5, 0.6) is 5.75 Å². The number of amides is 3. The average Bonchev–Trinajstić information content (AvgIpc) is 3.37. The normalized spacial score (nSPS) is 13.9. The molecule has 0 fully saturated rings. The summed E-state index contributed by atoms with van der Waals surface area (Å²) >= 11 is 4.00. The zero-order valence-corrected chi connectivity index (χ0v) is 23.3. The Morgan fingerprint density at radius 3 is 2.10 bits per heavy atom. The van der Waals surface area contributed by atoms with Gasteiger partial charge in [-0.15, -0.1) is 0 Å². The van der Waals surface area contributed by atoms with Crippen LogP contribution in [0.25, 0.3) is 10.9 Å². The molecule has 0 unspecified atom stereocenters. The van der Waals surface area contributed by atoms with Gasteiger partial charge in [0.2, 0.25) is 17.7 Å². The van der Waals surface area contributed by atoms with Gasteiger partial charge in [-0.05, 0) is 35.7 Å². The number of aliphatic carboxylic acids is 2. The topological polar surface area (TPSA) is 224 Å². The van der Waals surface area contributed by atoms with E-state index in [0.29, 0.717) is 11.1 Å². The molecule has 0 spiro atoms. The van der Waals surface area contributed by atoms with Crippen molar-refractivity contribution < 1.29 is 39.3 Å². The Labute approximate surface area is 246 Å². The molecule has 13 nitrogen and oxygen atoms in total. The molecule has 4 atom stereocenters. The predicted molar refractivity (Wildman–Crippen MR) is 156 cm³/mol. The van der Waals surface area contributed by atoms with Gasteiger partial charge in [-0.25, -0.2) is 4.79 Å². The van der Waals surface area contributed by atoms with Crippen LogP contribution in [-0.2, 0) is 36.8 Å². The molecule has 0 bridgehead atoms. The Balaban J connectivity index is 1.80. The van der Waals surface area contributed by atoms with Crippen molar-refractivity contribution in [3.8, 4) is 5.75 Å². The molecule has 3 amide bonds. The van der Waals surface area contributed by atoms with E-state index in [-0.39, 0.29) is 30.8 Å². The number of fused-ring (bicyclic) bond motifs is 1. The Bertz CT molecular complexity index is 1430. The number of aromatic nitrogens is 1. The number of nitrogens with one attached hydrogen (secondary N) is 4. The van der Waals surface area contributed by atoms with Crippen LogP contribution in [0.4, 0.5) is 0 Å². The lowest BCUT2D eigenvalue weighted by Crippen LogP contribution is -2.58. The lowest BCUT2D eigenvalue weighted by atomic mass is 10.0. The number of aromatic hydroxyl groups is 1. The fourth-order valence-electron chi connectivity index (χ4n) is 4.24. The highest BCUT2D eigenvalue weighted by Crippen LogP contribution is 2.19. The van der Waals surface area contributed by atoms with Crippen molar-refractivity contribution in [3.05, 3.63) is 65.9 Å². The molecular weight excluding hydrogens is 566 g/mol. The SMILES string of the molecule is N[C@H](CS)C(=O)N[C@H](Cc1ccc(O)cc1)C(=O)N[C@H](CCC(=O)O)C(=O)N[C@H](Cc1c[nH]c2ccccc12)C(=O)O. The summed E-state index contributed by atoms with van der Waals surface area (Å²) in [5, 5.41) is 36.8. The molecule has 42 heavy (non-hydrogen) atoms. The minimum atomic E-state index is -1.43. The summed E-state index contributed by atoms with van der Waals surface area (Å²) in [5.74, 6) is -4.97. The van der Waals surface area contributed by atoms with Gasteiger partial charge in [-0.3, -0.25) is 19.2 Å². The lowest BCUT2D eigenvalue weighted by molar-refractivity contribution is -0.143. The summed E-state index contributed by atoms with van der Waals surface area (Å²) in [6, 6.07) is 8.02. The number of hydrogen-bond donors (Lipinski definition) is 9. The number of carbonyl (C=O) groups excluding carboxylic acids is 3. The molecule has 1 aromatic heterocycles. The van der Waals surface area contributed by atoms with Gasteiger partial charge in [-0.2, -0.15) is 12.6 Å². The molecule has 14 heteroatoms. The molecule has 0 aliphatic heterocycles. The number of nitrogens with two attached hydrogens (primary N) is 1. The van der Waals surface area contributed by atoms with Crippen molar-refractivity contribution in [1.82, 2.24) is 20.9 Å². The first kappa shape index (κ1) is 32.0. The Morgan fingerprint density at radius 1 is 0.833 bits per heavy atom. The van der Waals surface area contributed by atoms with E-state index in [0.717, 1.165) is 10.9 Å². The smallest absolute Gasteiger partial charge is 0.326 e. The van der Waals surface area contributed by atoms with Crippen LogP contribution in [0, 0.1) is 0 Å². The molecule has 3 rings (SSSR count). The van der Waals surface area contributed by atoms with Crippen LogP contribution in [-0.4, -0.2) is 79.9 Å². The molecule has 0 aliphatic carbocycles. The standard InChI is InChI=1S/C28H33N5O8S/c29-19(14-42)25(37)32-22(11-15-5-7-17(34)8-6-15)27(39)31-21(9-10-24(35)36)26(38)33-23(28(40)41)12-16-13-30-20-4-2-1-3-18(16)20/h1-8,13,19,21-23,30,34,42H,9-12,14,29H2,(H,31,39)(H,32,37)(H,33,38)(H,35,36)(H,40,41)/t19-,21-,22-,23-/m1/s1. The Morgan fingerprint density at radius 2 is 1.45 bits per heavy atom. The van der Waals surface area contributed by atoms with Gasteiger partial charge in [0.05, 0.1) is 6.04 Å². The van der Waals surface area contributed by atoms with E-state index in [9.17, 15) is 39.3 Å². The number of thiol groups is 1. The van der Waals surface area contributed by atoms with E-state index in [1.807, 2.05) is 12.1 Å². The van der Waals surface area contributed by atoms with E-state index in [1.165, 1.54) is 24.3 Å². The summed E-state index contributed by atoms with van der Waals surface area (Å²) in [6.45, 7) is 0. The summed E-state index contributed by atoms with van der Waals surface area (Å²) in [5.41, 5.74) is 7.73. The number of phenols is 1. The predicted octanol–water partition coefficient (Wildman–Crippen LogP) is 0.320. The highest BCUT2D eigenvalue weighted by atomic mass is 32.1. The summed E-state index contributed by atoms with van der Waals surface area (Å²) in [7, 11) is 0. The Kier molecular flexibility index (Phi) is 11.3. The number of hydrogen-bond acceptors (Lipinski definition) is 8. The number of para-hydroxylation sites is 1. The molecule has 3 aromatic rings. The molecule has 1 heterocycles. The molecule has 9 N–H and O–H groups in total. The number of phenolic OH excluding ortho intramolecular Hbond substituents is 1. The van der Waals surface area contributed by atoms with Crippen LogP contribution in [0.3, 0.4) is 0 Å². The van der Waals surface area contributed by atoms with Crippen molar-refractivity contribution in [2.75, 3.05) is 5.75 Å². The number of benzene rings is 2. The van der Waals surface area contributed by atoms with Gasteiger partial charge in [0.25, 0.3) is 0 Å². The van der Waals surface area contributed by atoms with Crippen LogP contribution in [0.15, 0.2) is 54.7 Å². The molecule has 0 aliphatic rings. The van der Waals surface area contributed by atoms with Crippen LogP contribution >= 0.6 is 12.6 Å². The quantitative estimate of drug-likeness (QED) is 0.110. The lowest BCUT2D eigenvalue weighted by Gasteiger charge is -2.25. The zero-order chi connectivity index (χ0) is 30.8. The maximum atomic E-state index is 13.4. The van der Waals surface area contributed by atoms with Crippen molar-refractivity contribution in [3.63, 3.8) is 0 Å². The van der Waals surface area contributed by atoms with E-state index in [4.69, 9.17) is 5.73 Å². The second-order valence-electron chi connectivity index (χ2n) is 9.68. The number of H-pyrrole nitrogens is 1. The summed E-state index contributed by atoms with van der Waals surface area (Å²) in [4.78, 5) is 65.5. The van der Waals surface area contributed by atoms with Gasteiger partial charge in [-0.1, -0.05) is 30.3 Å². The van der Waals surface area contributed by atoms with Crippen molar-refractivity contribution in [2.45, 2.75) is 49.9 Å². The molecule has 224 valence electrons. The molecule has 0 radical (unpaired) electrons. The summed E-state index contributed by atoms with van der Waals surface area (Å²) < 4.78 is 0. The average molecular weight is 600 g/mol. The van der Waals surface area contributed by atoms with Gasteiger partial charge in [0.15, 0.2) is 0 Å². The maximum absolute atomic E-state index is 13.4. The number of carboxylic acids is 2. The molecule has 0 saturated heterocycles. The highest BCUT2D eigenvalue weighted by Gasteiger charge is 2.31. The van der Waals surface area contributed by atoms with Gasteiger partial charge < -0.3 is 42.0 Å². The number of aromatic amines is 1. The van der Waals surface area contributed by atoms with Gasteiger partial charge >= 0.3 is 11.9 Å². The third kappa shape index (κ3) is 8.97. The van der Waals surface area contributed by atoms with E-state index in [2.05, 4.69) is 33.6 Å². The fourth-order valence-corrected chi connectivity index (χ4v) is 4.41. The number of rotatable bonds is 15. The zero-order valence-electron chi connectivity index (χ0n) is 22.4. The number of carboxylic acid groups (broad SMARTS) is 2. The third-order valence-corrected chi connectivity index (χ3v) is 6.93. The fraction of sp³-hybridized carbons (Fsp3) is 0.321. The molecule has 0 saturated carbocycles. The Hall–Kier alpha value is -4.56. The minimum Gasteiger partial charge on any atom is -0.508 e. The second kappa shape index (κ2) is 14.9. The van der Waals surface area contributed by atoms with Crippen molar-refractivity contribution in [1.29, 1.82) is 0 Å². The maximum Gasteiger partial charge on any atom is 0.326 e. The largest absolute Gasteiger partial charge is 0.508 e. The first-order valence-electron chi connectivity index (χ1n) is 13.0. The van der Waals surface area contributed by atoms with Crippen molar-refractivity contribution in [2.24, 2.45) is 5.73 Å². The number of carbonyl (C=O) groups is 5. The minimum absolute atomic E-state index is 0.00394. The first-order chi connectivity index (χ1) is 20.0. The van der Waals surface area contributed by atoms with E-state index >= 15 is 0 Å². The van der Waals surface area contributed by atoms with E-state index in [1.54, 1.807) is 18.3 Å². The molecule has 2 aromatic carbocycles.